The van der Waals surface area contributed by atoms with E-state index in [0.29, 0.717) is 30.9 Å². The number of likely N-dealkylation sites (tertiary alicyclic amines) is 1. The Kier molecular flexibility index (Phi) is 5.76. The van der Waals surface area contributed by atoms with E-state index in [4.69, 9.17) is 9.47 Å². The maximum Gasteiger partial charge on any atom is 0.313 e. The van der Waals surface area contributed by atoms with Crippen LogP contribution < -0.4 is 4.74 Å². The summed E-state index contributed by atoms with van der Waals surface area (Å²) >= 11 is 0. The van der Waals surface area contributed by atoms with E-state index < -0.39 is 11.4 Å². The van der Waals surface area contributed by atoms with Crippen molar-refractivity contribution >= 4 is 11.9 Å². The van der Waals surface area contributed by atoms with Gasteiger partial charge in [-0.2, -0.15) is 0 Å². The van der Waals surface area contributed by atoms with E-state index in [2.05, 4.69) is 0 Å². The van der Waals surface area contributed by atoms with Gasteiger partial charge in [-0.1, -0.05) is 30.3 Å². The molecule has 0 radical (unpaired) electrons. The molecular weight excluding hydrogens is 346 g/mol. The van der Waals surface area contributed by atoms with E-state index in [1.807, 2.05) is 30.3 Å². The molecule has 1 fully saturated rings. The maximum atomic E-state index is 12.7. The highest BCUT2D eigenvalue weighted by Gasteiger charge is 2.46. The molecule has 3 rings (SSSR count). The van der Waals surface area contributed by atoms with Crippen molar-refractivity contribution in [1.82, 2.24) is 4.90 Å². The molecule has 1 heterocycles. The molecule has 1 amide bonds. The summed E-state index contributed by atoms with van der Waals surface area (Å²) in [5.41, 5.74) is 0.557. The van der Waals surface area contributed by atoms with Gasteiger partial charge in [0, 0.05) is 25.8 Å². The number of methoxy groups -OCH3 is 1. The number of carboxylic acid groups (broad SMARTS) is 1. The zero-order chi connectivity index (χ0) is 19.3. The van der Waals surface area contributed by atoms with Crippen LogP contribution in [0.5, 0.6) is 5.75 Å². The predicted octanol–water partition coefficient (Wildman–Crippen LogP) is 2.83. The molecule has 1 N–H and O–H groups in total. The van der Waals surface area contributed by atoms with Crippen molar-refractivity contribution in [3.8, 4) is 5.75 Å². The number of carboxylic acids is 1. The van der Waals surface area contributed by atoms with Gasteiger partial charge in [-0.25, -0.2) is 0 Å². The number of nitrogens with zero attached hydrogens (tertiary/aromatic N) is 1. The lowest BCUT2D eigenvalue weighted by Gasteiger charge is -2.23. The number of rotatable bonds is 7. The zero-order valence-corrected chi connectivity index (χ0v) is 15.3. The summed E-state index contributed by atoms with van der Waals surface area (Å²) < 4.78 is 10.8. The van der Waals surface area contributed by atoms with Crippen LogP contribution in [0.2, 0.25) is 0 Å². The second kappa shape index (κ2) is 8.22. The average molecular weight is 369 g/mol. The third kappa shape index (κ3) is 4.28. The van der Waals surface area contributed by atoms with Crippen LogP contribution in [-0.4, -0.2) is 48.7 Å². The molecule has 6 nitrogen and oxygen atoms in total. The lowest BCUT2D eigenvalue weighted by atomic mass is 9.88. The Hall–Kier alpha value is -2.86. The predicted molar refractivity (Wildman–Crippen MR) is 99.7 cm³/mol. The molecule has 1 aliphatic rings. The van der Waals surface area contributed by atoms with Crippen LogP contribution in [0.1, 0.15) is 22.3 Å². The fourth-order valence-corrected chi connectivity index (χ4v) is 3.29. The molecule has 0 saturated carbocycles. The maximum absolute atomic E-state index is 12.7. The van der Waals surface area contributed by atoms with Gasteiger partial charge in [0.1, 0.15) is 17.8 Å². The first-order valence-electron chi connectivity index (χ1n) is 8.82. The van der Waals surface area contributed by atoms with Crippen molar-refractivity contribution in [1.29, 1.82) is 0 Å². The fourth-order valence-electron chi connectivity index (χ4n) is 3.29. The summed E-state index contributed by atoms with van der Waals surface area (Å²) in [6.07, 6.45) is 0.389. The Bertz CT molecular complexity index is 790. The smallest absolute Gasteiger partial charge is 0.313 e. The molecule has 0 aromatic heterocycles. The Morgan fingerprint density at radius 2 is 1.81 bits per heavy atom. The number of carbonyl (C=O) groups excluding carboxylic acids is 1. The minimum atomic E-state index is -1.02. The van der Waals surface area contributed by atoms with Crippen LogP contribution in [0.25, 0.3) is 0 Å². The van der Waals surface area contributed by atoms with E-state index in [0.717, 1.165) is 5.56 Å². The SMILES string of the molecule is COCC1(C(=O)O)CCN(C(=O)c2ccc(OCc3ccccc3)cc2)C1. The summed E-state index contributed by atoms with van der Waals surface area (Å²) in [6, 6.07) is 16.8. The van der Waals surface area contributed by atoms with Crippen LogP contribution in [0.15, 0.2) is 54.6 Å². The van der Waals surface area contributed by atoms with Crippen LogP contribution >= 0.6 is 0 Å². The third-order valence-corrected chi connectivity index (χ3v) is 4.86. The van der Waals surface area contributed by atoms with E-state index >= 15 is 0 Å². The molecule has 6 heteroatoms. The van der Waals surface area contributed by atoms with Gasteiger partial charge >= 0.3 is 5.97 Å². The zero-order valence-electron chi connectivity index (χ0n) is 15.3. The molecule has 1 unspecified atom stereocenters. The van der Waals surface area contributed by atoms with Crippen molar-refractivity contribution in [3.63, 3.8) is 0 Å². The molecule has 1 saturated heterocycles. The molecule has 1 atom stereocenters. The quantitative estimate of drug-likeness (QED) is 0.812. The monoisotopic (exact) mass is 369 g/mol. The van der Waals surface area contributed by atoms with Crippen molar-refractivity contribution in [2.75, 3.05) is 26.8 Å². The van der Waals surface area contributed by atoms with Gasteiger partial charge in [0.05, 0.1) is 6.61 Å². The number of hydrogen-bond donors (Lipinski definition) is 1. The molecular formula is C21H23NO5. The molecule has 2 aromatic rings. The highest BCUT2D eigenvalue weighted by molar-refractivity contribution is 5.95. The Balaban J connectivity index is 1.61. The van der Waals surface area contributed by atoms with Gasteiger partial charge in [0.15, 0.2) is 0 Å². The number of ether oxygens (including phenoxy) is 2. The number of benzene rings is 2. The second-order valence-corrected chi connectivity index (χ2v) is 6.79. The minimum absolute atomic E-state index is 0.0956. The Morgan fingerprint density at radius 3 is 2.44 bits per heavy atom. The topological polar surface area (TPSA) is 76.1 Å². The van der Waals surface area contributed by atoms with Gasteiger partial charge in [-0.05, 0) is 36.2 Å². The first-order chi connectivity index (χ1) is 13.0. The molecule has 0 bridgehead atoms. The normalized spacial score (nSPS) is 19.1. The first kappa shape index (κ1) is 18.9. The summed E-state index contributed by atoms with van der Waals surface area (Å²) in [5, 5.41) is 9.52. The van der Waals surface area contributed by atoms with Crippen molar-refractivity contribution < 1.29 is 24.2 Å². The fraction of sp³-hybridized carbons (Fsp3) is 0.333. The Labute approximate surface area is 158 Å². The highest BCUT2D eigenvalue weighted by Crippen LogP contribution is 2.32. The molecule has 1 aliphatic heterocycles. The van der Waals surface area contributed by atoms with Gasteiger partial charge in [-0.3, -0.25) is 9.59 Å². The minimum Gasteiger partial charge on any atom is -0.489 e. The van der Waals surface area contributed by atoms with Crippen molar-refractivity contribution in [2.45, 2.75) is 13.0 Å². The molecule has 0 aliphatic carbocycles. The number of aliphatic carboxylic acids is 1. The average Bonchev–Trinajstić information content (AvgIpc) is 3.13. The molecule has 0 spiro atoms. The van der Waals surface area contributed by atoms with Crippen molar-refractivity contribution in [2.24, 2.45) is 5.41 Å². The third-order valence-electron chi connectivity index (χ3n) is 4.86. The standard InChI is InChI=1S/C21H23NO5/c1-26-15-21(20(24)25)11-12-22(14-21)19(23)17-7-9-18(10-8-17)27-13-16-5-3-2-4-6-16/h2-10H,11-15H2,1H3,(H,24,25). The highest BCUT2D eigenvalue weighted by atomic mass is 16.5. The molecule has 142 valence electrons. The van der Waals surface area contributed by atoms with Gasteiger partial charge < -0.3 is 19.5 Å². The van der Waals surface area contributed by atoms with Gasteiger partial charge in [0.25, 0.3) is 5.91 Å². The van der Waals surface area contributed by atoms with Crippen molar-refractivity contribution in [3.05, 3.63) is 65.7 Å². The molecule has 2 aromatic carbocycles. The summed E-state index contributed by atoms with van der Waals surface area (Å²) in [4.78, 5) is 25.9. The molecule has 27 heavy (non-hydrogen) atoms. The number of carbonyl (C=O) groups is 2. The summed E-state index contributed by atoms with van der Waals surface area (Å²) in [5.74, 6) is -0.427. The van der Waals surface area contributed by atoms with Gasteiger partial charge in [0.2, 0.25) is 0 Å². The summed E-state index contributed by atoms with van der Waals surface area (Å²) in [6.45, 7) is 1.11. The van der Waals surface area contributed by atoms with Crippen LogP contribution in [0.4, 0.5) is 0 Å². The lowest BCUT2D eigenvalue weighted by molar-refractivity contribution is -0.151. The van der Waals surface area contributed by atoms with E-state index in [1.54, 1.807) is 29.2 Å². The van der Waals surface area contributed by atoms with E-state index in [1.165, 1.54) is 7.11 Å². The summed E-state index contributed by atoms with van der Waals surface area (Å²) in [7, 11) is 1.48. The van der Waals surface area contributed by atoms with E-state index in [9.17, 15) is 14.7 Å². The van der Waals surface area contributed by atoms with Crippen LogP contribution in [0, 0.1) is 5.41 Å². The van der Waals surface area contributed by atoms with Crippen LogP contribution in [-0.2, 0) is 16.1 Å². The first-order valence-corrected chi connectivity index (χ1v) is 8.82. The van der Waals surface area contributed by atoms with E-state index in [-0.39, 0.29) is 19.1 Å². The lowest BCUT2D eigenvalue weighted by Crippen LogP contribution is -2.40. The van der Waals surface area contributed by atoms with Gasteiger partial charge in [-0.15, -0.1) is 0 Å². The number of amides is 1. The van der Waals surface area contributed by atoms with Crippen LogP contribution in [0.3, 0.4) is 0 Å². The number of hydrogen-bond acceptors (Lipinski definition) is 4. The largest absolute Gasteiger partial charge is 0.489 e. The second-order valence-electron chi connectivity index (χ2n) is 6.79. The Morgan fingerprint density at radius 1 is 1.11 bits per heavy atom.